The Morgan fingerprint density at radius 1 is 0.177 bits per heavy atom. The molecule has 32 nitrogen and oxygen atoms in total. The zero-order valence-electron chi connectivity index (χ0n) is 29.4. The molecule has 0 fully saturated rings. The molecule has 0 aromatic carbocycles. The molecule has 8 N–H and O–H groups in total. The zero-order valence-corrected chi connectivity index (χ0v) is 44.1. The van der Waals surface area contributed by atoms with Crippen LogP contribution in [-0.4, -0.2) is 93.5 Å². The van der Waals surface area contributed by atoms with E-state index in [2.05, 4.69) is 0 Å². The summed E-state index contributed by atoms with van der Waals surface area (Å²) < 4.78 is 0. The van der Waals surface area contributed by atoms with Crippen molar-refractivity contribution in [2.45, 2.75) is 0 Å². The molecule has 328 valence electrons. The van der Waals surface area contributed by atoms with Crippen LogP contribution in [0.25, 0.3) is 0 Å². The van der Waals surface area contributed by atoms with Gasteiger partial charge in [0.05, 0.1) is 71.6 Å². The third-order valence-corrected chi connectivity index (χ3v) is 2.13. The van der Waals surface area contributed by atoms with E-state index in [9.17, 15) is 119 Å². The molecule has 0 unspecified atom stereocenters. The van der Waals surface area contributed by atoms with E-state index in [0.717, 1.165) is 0 Å². The van der Waals surface area contributed by atoms with E-state index in [-0.39, 0.29) is 201 Å². The number of hydrogen-bond acceptors (Lipinski definition) is 24. The van der Waals surface area contributed by atoms with Gasteiger partial charge in [0.1, 0.15) is 0 Å². The third-order valence-electron chi connectivity index (χ3n) is 2.13. The molecule has 0 saturated heterocycles. The van der Waals surface area contributed by atoms with E-state index in [1.165, 1.54) is 0 Å². The average molecular weight is 1370 g/mol. The fourth-order valence-electron chi connectivity index (χ4n) is 0.816. The van der Waals surface area contributed by atoms with Crippen molar-refractivity contribution in [3.63, 3.8) is 0 Å². The second kappa shape index (κ2) is 93.1. The van der Waals surface area contributed by atoms with Crippen molar-refractivity contribution in [3.05, 3.63) is 72.9 Å². The van der Waals surface area contributed by atoms with Gasteiger partial charge >= 0.3 is 157 Å². The van der Waals surface area contributed by atoms with Crippen LogP contribution in [-0.2, 0) is 237 Å². The van der Waals surface area contributed by atoms with E-state index < -0.39 is 71.6 Å². The topological polar surface area (TPSA) is 722 Å². The average Bonchev–Trinajstić information content (AvgIpc) is 2.92. The van der Waals surface area contributed by atoms with Crippen LogP contribution in [0.2, 0.25) is 0 Å². The maximum absolute atomic E-state index is 9.41. The minimum Gasteiger partial charge on any atom is -2.00 e. The minimum atomic E-state index is -1.55. The Morgan fingerprint density at radius 3 is 0.226 bits per heavy atom. The van der Waals surface area contributed by atoms with Gasteiger partial charge in [-0.1, -0.05) is 0 Å². The first-order valence-corrected chi connectivity index (χ1v) is 10.4. The molecule has 0 rings (SSSR count). The normalized spacial score (nSPS) is 7.35. The van der Waals surface area contributed by atoms with Crippen molar-refractivity contribution in [2.75, 3.05) is 0 Å². The Hall–Kier alpha value is -2.94. The summed E-state index contributed by atoms with van der Waals surface area (Å²) in [6.45, 7) is 0. The fourth-order valence-corrected chi connectivity index (χ4v) is 0.816. The minimum absolute atomic E-state index is 0. The Balaban J connectivity index is -0.0000000181. The second-order valence-corrected chi connectivity index (χ2v) is 5.83. The Morgan fingerprint density at radius 2 is 0.210 bits per heavy atom. The molecule has 62 heavy (non-hydrogen) atoms. The van der Waals surface area contributed by atoms with Gasteiger partial charge in [-0.05, 0) is 72.9 Å². The van der Waals surface area contributed by atoms with Gasteiger partial charge in [-0.3, -0.25) is 0 Å². The van der Waals surface area contributed by atoms with Crippen LogP contribution in [0.3, 0.4) is 0 Å². The largest absolute Gasteiger partial charge is 4.00 e. The number of carboxylic acid groups (broad SMARTS) is 12. The summed E-state index contributed by atoms with van der Waals surface area (Å²) in [7, 11) is 0. The summed E-state index contributed by atoms with van der Waals surface area (Å²) in [4.78, 5) is 113. The number of hydrogen-bond donors (Lipinski definition) is 0. The standard InChI is InChI=1S/6C4H4O4.4H2O.4O.6Zr/c6*5-3(6)1-2-4(7)8;;;;;;;;;;;;;;/h6*1-2H,(H,5,6)(H,7,8);4*1H2;;;;;;;;;;/q;;;;;;;;;;4*-2;6*+4/p-12/b6*2-1+;;;;;;;;;;;;;;. The van der Waals surface area contributed by atoms with E-state index in [4.69, 9.17) is 0 Å². The van der Waals surface area contributed by atoms with Crippen LogP contribution in [0.5, 0.6) is 0 Å². The van der Waals surface area contributed by atoms with Crippen LogP contribution in [0.1, 0.15) is 0 Å². The van der Waals surface area contributed by atoms with Crippen LogP contribution in [0, 0.1) is 0 Å². The van der Waals surface area contributed by atoms with E-state index >= 15 is 0 Å². The molecule has 0 saturated carbocycles. The van der Waals surface area contributed by atoms with Crippen LogP contribution >= 0.6 is 0 Å². The first-order valence-electron chi connectivity index (χ1n) is 10.4. The molecule has 0 radical (unpaired) electrons. The molecule has 0 spiro atoms. The third kappa shape index (κ3) is 245. The van der Waals surface area contributed by atoms with Crippen molar-refractivity contribution >= 4 is 71.6 Å². The van der Waals surface area contributed by atoms with Crippen molar-refractivity contribution in [3.8, 4) is 0 Å². The summed E-state index contributed by atoms with van der Waals surface area (Å²) in [5.41, 5.74) is 0. The van der Waals surface area contributed by atoms with Gasteiger partial charge in [-0.2, -0.15) is 0 Å². The molecule has 0 bridgehead atoms. The second-order valence-electron chi connectivity index (χ2n) is 5.83. The molecular weight excluding hydrogens is 1350 g/mol. The van der Waals surface area contributed by atoms with Gasteiger partial charge in [-0.15, -0.1) is 0 Å². The number of aliphatic carboxylic acids is 12. The van der Waals surface area contributed by atoms with Crippen molar-refractivity contribution < 1.29 is 320 Å². The Bertz CT molecular complexity index is 1010. The van der Waals surface area contributed by atoms with E-state index in [1.54, 1.807) is 0 Å². The van der Waals surface area contributed by atoms with Gasteiger partial charge in [0.2, 0.25) is 0 Å². The zero-order chi connectivity index (χ0) is 39.4. The maximum Gasteiger partial charge on any atom is 4.00 e. The molecule has 0 atom stereocenters. The summed E-state index contributed by atoms with van der Waals surface area (Å²) in [6, 6.07) is 0. The molecule has 38 heteroatoms. The SMILES string of the molecule is O.O.O.O.O=C([O-])/C=C/C(=O)[O-].O=C([O-])/C=C/C(=O)[O-].O=C([O-])/C=C/C(=O)[O-].O=C([O-])/C=C/C(=O)[O-].O=C([O-])/C=C/C(=O)[O-].O=C([O-])/C=C/C(=O)[O-].[O-2].[O-2].[O-2].[O-2].[Zr+4].[Zr+4].[Zr+4].[Zr+4].[Zr+4].[Zr+4]. The van der Waals surface area contributed by atoms with Crippen LogP contribution < -0.4 is 61.3 Å². The molecule has 0 aliphatic heterocycles. The van der Waals surface area contributed by atoms with Crippen molar-refractivity contribution in [1.29, 1.82) is 0 Å². The molecule has 0 amide bonds. The predicted molar refractivity (Wildman–Crippen MR) is 132 cm³/mol. The van der Waals surface area contributed by atoms with E-state index in [1.807, 2.05) is 0 Å². The smallest absolute Gasteiger partial charge is 2.00 e. The first-order chi connectivity index (χ1) is 21.8. The van der Waals surface area contributed by atoms with Gasteiger partial charge in [0.25, 0.3) is 0 Å². The molecule has 0 aromatic heterocycles. The molecule has 0 heterocycles. The van der Waals surface area contributed by atoms with Crippen molar-refractivity contribution in [1.82, 2.24) is 0 Å². The molecular formula is C24H20O32Zr6+4. The van der Waals surface area contributed by atoms with Gasteiger partial charge in [0.15, 0.2) is 0 Å². The van der Waals surface area contributed by atoms with E-state index in [0.29, 0.717) is 72.9 Å². The molecule has 0 aliphatic carbocycles. The number of carboxylic acids is 12. The fraction of sp³-hybridized carbons (Fsp3) is 0. The Kier molecular flexibility index (Phi) is 196. The quantitative estimate of drug-likeness (QED) is 0.164. The van der Waals surface area contributed by atoms with Crippen molar-refractivity contribution in [2.24, 2.45) is 0 Å². The predicted octanol–water partition coefficient (Wildman–Crippen LogP) is -21.5. The summed E-state index contributed by atoms with van der Waals surface area (Å²) in [6.07, 6.45) is 4.61. The number of rotatable bonds is 12. The van der Waals surface area contributed by atoms with Gasteiger partial charge in [0, 0.05) is 0 Å². The maximum atomic E-state index is 9.41. The summed E-state index contributed by atoms with van der Waals surface area (Å²) >= 11 is 0. The number of carbonyl (C=O) groups excluding carboxylic acids is 12. The monoisotopic (exact) mass is 1360 g/mol. The first kappa shape index (κ1) is 130. The van der Waals surface area contributed by atoms with Gasteiger partial charge in [-0.25, -0.2) is 0 Å². The molecule has 0 aromatic rings. The Labute approximate surface area is 459 Å². The van der Waals surface area contributed by atoms with Gasteiger partial charge < -0.3 is 163 Å². The summed E-state index contributed by atoms with van der Waals surface area (Å²) in [5.74, 6) is -18.6. The summed E-state index contributed by atoms with van der Waals surface area (Å²) in [5, 5.41) is 113. The number of carbonyl (C=O) groups is 12. The van der Waals surface area contributed by atoms with Crippen LogP contribution in [0.15, 0.2) is 72.9 Å². The van der Waals surface area contributed by atoms with Crippen LogP contribution in [0.4, 0.5) is 0 Å². The molecule has 0 aliphatic rings.